The van der Waals surface area contributed by atoms with Crippen molar-refractivity contribution >= 4 is 31.9 Å². The predicted molar refractivity (Wildman–Crippen MR) is 76.7 cm³/mol. The molecule has 1 aromatic heterocycles. The zero-order valence-electron chi connectivity index (χ0n) is 9.98. The Bertz CT molecular complexity index is 547. The number of nitrogens with two attached hydrogens (primary N) is 1. The fraction of sp³-hybridized carbons (Fsp3) is 0.273. The minimum atomic E-state index is -0.170. The number of hydrazine groups is 1. The van der Waals surface area contributed by atoms with Gasteiger partial charge in [0, 0.05) is 11.5 Å². The normalized spacial score (nSPS) is 12.7. The molecule has 0 radical (unpaired) electrons. The third-order valence-corrected chi connectivity index (χ3v) is 4.22. The fourth-order valence-corrected chi connectivity index (χ4v) is 2.72. The molecule has 0 bridgehead atoms. The van der Waals surface area contributed by atoms with Gasteiger partial charge in [-0.15, -0.1) is 5.10 Å². The Hall–Kier alpha value is -0.760. The lowest BCUT2D eigenvalue weighted by Crippen LogP contribution is -2.30. The maximum atomic E-state index is 5.67. The summed E-state index contributed by atoms with van der Waals surface area (Å²) in [6.45, 7) is 2.04. The van der Waals surface area contributed by atoms with Crippen LogP contribution in [0.3, 0.4) is 0 Å². The Morgan fingerprint density at radius 3 is 2.61 bits per heavy atom. The summed E-state index contributed by atoms with van der Waals surface area (Å²) in [6, 6.07) is 5.95. The van der Waals surface area contributed by atoms with E-state index in [1.54, 1.807) is 4.68 Å². The average Bonchev–Trinajstić information content (AvgIpc) is 2.66. The van der Waals surface area contributed by atoms with Gasteiger partial charge in [0.1, 0.15) is 0 Å². The molecular weight excluding hydrogens is 362 g/mol. The molecule has 1 atom stereocenters. The summed E-state index contributed by atoms with van der Waals surface area (Å²) >= 11 is 6.91. The highest BCUT2D eigenvalue weighted by Crippen LogP contribution is 2.28. The minimum Gasteiger partial charge on any atom is -0.271 e. The van der Waals surface area contributed by atoms with Crippen LogP contribution in [0.15, 0.2) is 27.3 Å². The van der Waals surface area contributed by atoms with Crippen molar-refractivity contribution in [2.24, 2.45) is 12.9 Å². The number of rotatable bonds is 3. The number of halogens is 2. The molecule has 1 aromatic carbocycles. The van der Waals surface area contributed by atoms with Crippen molar-refractivity contribution in [3.8, 4) is 0 Å². The molecule has 1 heterocycles. The van der Waals surface area contributed by atoms with Crippen LogP contribution >= 0.6 is 31.9 Å². The first-order chi connectivity index (χ1) is 8.54. The third kappa shape index (κ3) is 2.49. The second-order valence-electron chi connectivity index (χ2n) is 4.00. The van der Waals surface area contributed by atoms with Crippen molar-refractivity contribution in [3.63, 3.8) is 0 Å². The molecule has 7 heteroatoms. The van der Waals surface area contributed by atoms with E-state index in [9.17, 15) is 0 Å². The number of aryl methyl sites for hydroxylation is 2. The highest BCUT2D eigenvalue weighted by molar-refractivity contribution is 9.10. The van der Waals surface area contributed by atoms with Crippen molar-refractivity contribution in [2.75, 3.05) is 0 Å². The van der Waals surface area contributed by atoms with Crippen LogP contribution in [0.1, 0.15) is 22.9 Å². The van der Waals surface area contributed by atoms with E-state index in [-0.39, 0.29) is 6.04 Å². The monoisotopic (exact) mass is 373 g/mol. The summed E-state index contributed by atoms with van der Waals surface area (Å²) < 4.78 is 3.43. The van der Waals surface area contributed by atoms with E-state index in [1.807, 2.05) is 32.2 Å². The van der Waals surface area contributed by atoms with Gasteiger partial charge in [0.25, 0.3) is 0 Å². The van der Waals surface area contributed by atoms with Crippen molar-refractivity contribution < 1.29 is 0 Å². The molecule has 0 fully saturated rings. The maximum Gasteiger partial charge on any atom is 0.153 e. The van der Waals surface area contributed by atoms with Gasteiger partial charge in [-0.2, -0.15) is 0 Å². The molecule has 2 rings (SSSR count). The first-order valence-electron chi connectivity index (χ1n) is 5.32. The van der Waals surface area contributed by atoms with Crippen LogP contribution in [0.4, 0.5) is 0 Å². The molecule has 18 heavy (non-hydrogen) atoms. The molecule has 0 aliphatic carbocycles. The lowest BCUT2D eigenvalue weighted by Gasteiger charge is -2.17. The van der Waals surface area contributed by atoms with Crippen LogP contribution < -0.4 is 11.3 Å². The van der Waals surface area contributed by atoms with E-state index in [0.717, 1.165) is 15.7 Å². The molecule has 96 valence electrons. The topological polar surface area (TPSA) is 68.8 Å². The predicted octanol–water partition coefficient (Wildman–Crippen LogP) is 2.20. The van der Waals surface area contributed by atoms with Crippen LogP contribution in [0, 0.1) is 6.92 Å². The second-order valence-corrected chi connectivity index (χ2v) is 5.60. The highest BCUT2D eigenvalue weighted by Gasteiger charge is 2.21. The number of benzene rings is 1. The molecule has 0 spiro atoms. The van der Waals surface area contributed by atoms with Gasteiger partial charge in [0.15, 0.2) is 4.60 Å². The Labute approximate surface area is 122 Å². The largest absolute Gasteiger partial charge is 0.271 e. The summed E-state index contributed by atoms with van der Waals surface area (Å²) in [5.74, 6) is 5.67. The molecule has 2 aromatic rings. The third-order valence-electron chi connectivity index (χ3n) is 2.80. The van der Waals surface area contributed by atoms with Crippen LogP contribution in [-0.4, -0.2) is 15.0 Å². The van der Waals surface area contributed by atoms with Crippen molar-refractivity contribution in [2.45, 2.75) is 13.0 Å². The van der Waals surface area contributed by atoms with Gasteiger partial charge in [-0.1, -0.05) is 33.3 Å². The van der Waals surface area contributed by atoms with Gasteiger partial charge in [0.2, 0.25) is 0 Å². The summed E-state index contributed by atoms with van der Waals surface area (Å²) in [4.78, 5) is 0. The van der Waals surface area contributed by atoms with Gasteiger partial charge in [0.05, 0.1) is 11.7 Å². The van der Waals surface area contributed by atoms with Crippen LogP contribution in [0.5, 0.6) is 0 Å². The van der Waals surface area contributed by atoms with Gasteiger partial charge in [-0.05, 0) is 40.0 Å². The maximum absolute atomic E-state index is 5.67. The summed E-state index contributed by atoms with van der Waals surface area (Å²) in [5.41, 5.74) is 5.90. The Morgan fingerprint density at radius 1 is 1.39 bits per heavy atom. The molecule has 0 aliphatic rings. The first kappa shape index (κ1) is 13.7. The quantitative estimate of drug-likeness (QED) is 0.638. The Kier molecular flexibility index (Phi) is 4.16. The number of hydrogen-bond donors (Lipinski definition) is 2. The fourth-order valence-electron chi connectivity index (χ4n) is 1.77. The van der Waals surface area contributed by atoms with Crippen molar-refractivity contribution in [3.05, 3.63) is 44.1 Å². The number of hydrogen-bond acceptors (Lipinski definition) is 4. The molecule has 3 N–H and O–H groups in total. The van der Waals surface area contributed by atoms with Crippen molar-refractivity contribution in [1.82, 2.24) is 20.4 Å². The van der Waals surface area contributed by atoms with Gasteiger partial charge in [-0.25, -0.2) is 10.1 Å². The molecule has 0 aliphatic heterocycles. The van der Waals surface area contributed by atoms with E-state index in [2.05, 4.69) is 47.6 Å². The van der Waals surface area contributed by atoms with Crippen molar-refractivity contribution in [1.29, 1.82) is 0 Å². The summed E-state index contributed by atoms with van der Waals surface area (Å²) in [6.07, 6.45) is 0. The lowest BCUT2D eigenvalue weighted by molar-refractivity contribution is 0.569. The van der Waals surface area contributed by atoms with Gasteiger partial charge >= 0.3 is 0 Å². The number of nitrogens with one attached hydrogen (secondary N) is 1. The van der Waals surface area contributed by atoms with E-state index < -0.39 is 0 Å². The summed E-state index contributed by atoms with van der Waals surface area (Å²) in [5, 5.41) is 7.94. The molecule has 0 amide bonds. The van der Waals surface area contributed by atoms with Crippen LogP contribution in [0.2, 0.25) is 0 Å². The molecule has 1 unspecified atom stereocenters. The molecule has 0 saturated carbocycles. The van der Waals surface area contributed by atoms with E-state index in [0.29, 0.717) is 4.60 Å². The molecule has 5 nitrogen and oxygen atoms in total. The Morgan fingerprint density at radius 2 is 2.11 bits per heavy atom. The van der Waals surface area contributed by atoms with E-state index in [4.69, 9.17) is 5.84 Å². The van der Waals surface area contributed by atoms with Gasteiger partial charge in [-0.3, -0.25) is 5.84 Å². The zero-order chi connectivity index (χ0) is 13.3. The smallest absolute Gasteiger partial charge is 0.153 e. The molecule has 0 saturated heterocycles. The SMILES string of the molecule is Cc1ccc(C(NN)c2c(Br)nnn2C)cc1Br. The highest BCUT2D eigenvalue weighted by atomic mass is 79.9. The zero-order valence-corrected chi connectivity index (χ0v) is 13.2. The average molecular weight is 375 g/mol. The summed E-state index contributed by atoms with van der Waals surface area (Å²) in [7, 11) is 1.83. The van der Waals surface area contributed by atoms with Gasteiger partial charge < -0.3 is 0 Å². The van der Waals surface area contributed by atoms with E-state index >= 15 is 0 Å². The minimum absolute atomic E-state index is 0.170. The second kappa shape index (κ2) is 5.48. The number of aromatic nitrogens is 3. The number of nitrogens with zero attached hydrogens (tertiary/aromatic N) is 3. The van der Waals surface area contributed by atoms with E-state index in [1.165, 1.54) is 5.56 Å². The lowest BCUT2D eigenvalue weighted by atomic mass is 10.0. The van der Waals surface area contributed by atoms with Crippen LogP contribution in [-0.2, 0) is 7.05 Å². The molecular formula is C11H13Br2N5. The Balaban J connectivity index is 2.48. The first-order valence-corrected chi connectivity index (χ1v) is 6.90. The standard InChI is InChI=1S/C11H13Br2N5/c1-6-3-4-7(5-8(6)12)9(15-14)10-11(13)16-17-18(10)2/h3-5,9,15H,14H2,1-2H3. The van der Waals surface area contributed by atoms with Crippen LogP contribution in [0.25, 0.3) is 0 Å².